The summed E-state index contributed by atoms with van der Waals surface area (Å²) in [6.45, 7) is 2.82. The topological polar surface area (TPSA) is 53.2 Å². The molecule has 0 radical (unpaired) electrons. The van der Waals surface area contributed by atoms with Gasteiger partial charge in [-0.2, -0.15) is 11.8 Å². The third kappa shape index (κ3) is 4.76. The van der Waals surface area contributed by atoms with Gasteiger partial charge in [-0.05, 0) is 49.7 Å². The van der Waals surface area contributed by atoms with E-state index in [0.29, 0.717) is 12.0 Å². The smallest absolute Gasteiger partial charge is 0.315 e. The van der Waals surface area contributed by atoms with Gasteiger partial charge in [0.15, 0.2) is 0 Å². The fourth-order valence-corrected chi connectivity index (χ4v) is 3.57. The van der Waals surface area contributed by atoms with Crippen LogP contribution in [0, 0.1) is 5.92 Å². The Kier molecular flexibility index (Phi) is 5.45. The number of piperidine rings is 1. The van der Waals surface area contributed by atoms with E-state index in [9.17, 15) is 4.79 Å². The molecule has 2 amide bonds. The lowest BCUT2D eigenvalue weighted by Gasteiger charge is -2.25. The van der Waals surface area contributed by atoms with Crippen molar-refractivity contribution in [1.82, 2.24) is 16.0 Å². The van der Waals surface area contributed by atoms with Crippen LogP contribution in [0.1, 0.15) is 25.7 Å². The standard InChI is InChI=1S/C12H23N3OS/c16-12(15-11-4-1-5-13-8-11)14-7-10-3-2-6-17-9-10/h10-11,13H,1-9H2,(H2,14,15,16). The maximum atomic E-state index is 11.7. The Morgan fingerprint density at radius 1 is 1.35 bits per heavy atom. The fourth-order valence-electron chi connectivity index (χ4n) is 2.42. The Bertz CT molecular complexity index is 238. The second kappa shape index (κ2) is 7.11. The second-order valence-electron chi connectivity index (χ2n) is 4.98. The Morgan fingerprint density at radius 3 is 3.00 bits per heavy atom. The summed E-state index contributed by atoms with van der Waals surface area (Å²) in [5, 5.41) is 9.35. The van der Waals surface area contributed by atoms with Gasteiger partial charge in [-0.1, -0.05) is 0 Å². The van der Waals surface area contributed by atoms with Crippen LogP contribution in [0.15, 0.2) is 0 Å². The molecule has 2 saturated heterocycles. The number of thioether (sulfide) groups is 1. The van der Waals surface area contributed by atoms with E-state index in [1.54, 1.807) is 0 Å². The summed E-state index contributed by atoms with van der Waals surface area (Å²) >= 11 is 2.01. The number of urea groups is 1. The maximum absolute atomic E-state index is 11.7. The molecule has 17 heavy (non-hydrogen) atoms. The first-order valence-corrected chi connectivity index (χ1v) is 7.83. The molecule has 0 bridgehead atoms. The van der Waals surface area contributed by atoms with Crippen molar-refractivity contribution in [2.45, 2.75) is 31.7 Å². The van der Waals surface area contributed by atoms with Crippen molar-refractivity contribution < 1.29 is 4.79 Å². The SMILES string of the molecule is O=C(NCC1CCCSC1)NC1CCCNC1. The molecule has 2 aliphatic heterocycles. The van der Waals surface area contributed by atoms with Crippen molar-refractivity contribution in [2.75, 3.05) is 31.1 Å². The molecule has 2 aliphatic rings. The maximum Gasteiger partial charge on any atom is 0.315 e. The molecule has 2 atom stereocenters. The van der Waals surface area contributed by atoms with Crippen LogP contribution in [0.4, 0.5) is 4.79 Å². The Morgan fingerprint density at radius 2 is 2.29 bits per heavy atom. The largest absolute Gasteiger partial charge is 0.338 e. The summed E-state index contributed by atoms with van der Waals surface area (Å²) in [6.07, 6.45) is 4.81. The van der Waals surface area contributed by atoms with Gasteiger partial charge in [0.2, 0.25) is 0 Å². The van der Waals surface area contributed by atoms with Crippen LogP contribution in [0.25, 0.3) is 0 Å². The molecule has 4 nitrogen and oxygen atoms in total. The monoisotopic (exact) mass is 257 g/mol. The minimum atomic E-state index is 0.00859. The summed E-state index contributed by atoms with van der Waals surface area (Å²) in [7, 11) is 0. The first-order chi connectivity index (χ1) is 8.34. The van der Waals surface area contributed by atoms with Gasteiger partial charge >= 0.3 is 6.03 Å². The highest BCUT2D eigenvalue weighted by molar-refractivity contribution is 7.99. The number of nitrogens with one attached hydrogen (secondary N) is 3. The molecular weight excluding hydrogens is 234 g/mol. The summed E-state index contributed by atoms with van der Waals surface area (Å²) in [5.74, 6) is 3.16. The van der Waals surface area contributed by atoms with Gasteiger partial charge in [0.1, 0.15) is 0 Å². The average Bonchev–Trinajstić information content (AvgIpc) is 2.39. The normalized spacial score (nSPS) is 29.6. The molecule has 5 heteroatoms. The highest BCUT2D eigenvalue weighted by Gasteiger charge is 2.17. The number of hydrogen-bond acceptors (Lipinski definition) is 3. The summed E-state index contributed by atoms with van der Waals surface area (Å²) in [5.41, 5.74) is 0. The third-order valence-electron chi connectivity index (χ3n) is 3.44. The molecule has 2 rings (SSSR count). The van der Waals surface area contributed by atoms with Gasteiger partial charge in [-0.25, -0.2) is 4.79 Å². The zero-order chi connectivity index (χ0) is 11.9. The highest BCUT2D eigenvalue weighted by Crippen LogP contribution is 2.21. The summed E-state index contributed by atoms with van der Waals surface area (Å²) in [6, 6.07) is 0.318. The molecule has 98 valence electrons. The van der Waals surface area contributed by atoms with Crippen LogP contribution >= 0.6 is 11.8 Å². The van der Waals surface area contributed by atoms with Gasteiger partial charge in [0.25, 0.3) is 0 Å². The quantitative estimate of drug-likeness (QED) is 0.711. The van der Waals surface area contributed by atoms with Crippen molar-refractivity contribution >= 4 is 17.8 Å². The number of hydrogen-bond donors (Lipinski definition) is 3. The minimum Gasteiger partial charge on any atom is -0.338 e. The molecule has 0 aromatic rings. The van der Waals surface area contributed by atoms with Crippen molar-refractivity contribution in [3.63, 3.8) is 0 Å². The molecule has 3 N–H and O–H groups in total. The van der Waals surface area contributed by atoms with Gasteiger partial charge in [-0.3, -0.25) is 0 Å². The van der Waals surface area contributed by atoms with E-state index in [0.717, 1.165) is 32.5 Å². The van der Waals surface area contributed by atoms with Crippen LogP contribution in [0.3, 0.4) is 0 Å². The lowest BCUT2D eigenvalue weighted by Crippen LogP contribution is -2.49. The molecule has 0 saturated carbocycles. The van der Waals surface area contributed by atoms with Crippen LogP contribution in [-0.2, 0) is 0 Å². The zero-order valence-corrected chi connectivity index (χ0v) is 11.2. The average molecular weight is 257 g/mol. The Labute approximate surface area is 108 Å². The molecule has 0 aromatic carbocycles. The van der Waals surface area contributed by atoms with Crippen molar-refractivity contribution in [2.24, 2.45) is 5.92 Å². The van der Waals surface area contributed by atoms with E-state index < -0.39 is 0 Å². The predicted molar refractivity (Wildman–Crippen MR) is 72.5 cm³/mol. The van der Waals surface area contributed by atoms with Crippen LogP contribution in [0.5, 0.6) is 0 Å². The van der Waals surface area contributed by atoms with Crippen LogP contribution < -0.4 is 16.0 Å². The Hall–Kier alpha value is -0.420. The molecule has 2 fully saturated rings. The van der Waals surface area contributed by atoms with Crippen LogP contribution in [0.2, 0.25) is 0 Å². The first kappa shape index (κ1) is 13.0. The molecule has 2 unspecified atom stereocenters. The van der Waals surface area contributed by atoms with Crippen molar-refractivity contribution in [3.8, 4) is 0 Å². The third-order valence-corrected chi connectivity index (χ3v) is 4.72. The lowest BCUT2D eigenvalue weighted by molar-refractivity contribution is 0.232. The van der Waals surface area contributed by atoms with Gasteiger partial charge in [-0.15, -0.1) is 0 Å². The predicted octanol–water partition coefficient (Wildman–Crippen LogP) is 1.18. The zero-order valence-electron chi connectivity index (χ0n) is 10.3. The number of rotatable bonds is 3. The van der Waals surface area contributed by atoms with E-state index in [-0.39, 0.29) is 6.03 Å². The van der Waals surface area contributed by atoms with Crippen molar-refractivity contribution in [1.29, 1.82) is 0 Å². The van der Waals surface area contributed by atoms with E-state index in [1.165, 1.54) is 24.3 Å². The molecule has 2 heterocycles. The van der Waals surface area contributed by atoms with Gasteiger partial charge in [0.05, 0.1) is 0 Å². The fraction of sp³-hybridized carbons (Fsp3) is 0.917. The summed E-state index contributed by atoms with van der Waals surface area (Å²) in [4.78, 5) is 11.7. The molecule has 0 spiro atoms. The minimum absolute atomic E-state index is 0.00859. The van der Waals surface area contributed by atoms with Gasteiger partial charge in [0, 0.05) is 19.1 Å². The Balaban J connectivity index is 1.59. The first-order valence-electron chi connectivity index (χ1n) is 6.67. The molecule has 0 aliphatic carbocycles. The van der Waals surface area contributed by atoms with Crippen molar-refractivity contribution in [3.05, 3.63) is 0 Å². The van der Waals surface area contributed by atoms with E-state index in [4.69, 9.17) is 0 Å². The summed E-state index contributed by atoms with van der Waals surface area (Å²) < 4.78 is 0. The number of amides is 2. The molecule has 0 aromatic heterocycles. The van der Waals surface area contributed by atoms with E-state index in [2.05, 4.69) is 16.0 Å². The highest BCUT2D eigenvalue weighted by atomic mass is 32.2. The lowest BCUT2D eigenvalue weighted by atomic mass is 10.1. The second-order valence-corrected chi connectivity index (χ2v) is 6.13. The van der Waals surface area contributed by atoms with Crippen LogP contribution in [-0.4, -0.2) is 43.2 Å². The van der Waals surface area contributed by atoms with Gasteiger partial charge < -0.3 is 16.0 Å². The number of carbonyl (C=O) groups excluding carboxylic acids is 1. The molecular formula is C12H23N3OS. The van der Waals surface area contributed by atoms with E-state index in [1.807, 2.05) is 11.8 Å². The van der Waals surface area contributed by atoms with E-state index >= 15 is 0 Å². The number of carbonyl (C=O) groups is 1.